The quantitative estimate of drug-likeness (QED) is 0.304. The Morgan fingerprint density at radius 2 is 1.44 bits per heavy atom. The van der Waals surface area contributed by atoms with Gasteiger partial charge in [-0.15, -0.1) is 0 Å². The van der Waals surface area contributed by atoms with Crippen LogP contribution in [0.3, 0.4) is 0 Å². The molecule has 0 aliphatic carbocycles. The molecule has 7 heteroatoms. The van der Waals surface area contributed by atoms with Gasteiger partial charge in [0.05, 0.1) is 16.7 Å². The SMILES string of the molecule is CC(=O)CCC(OC(=O)c1ccccc1)C(=O)CCCCN1C(=O)c2ccccc2C1=O. The van der Waals surface area contributed by atoms with Gasteiger partial charge in [0.2, 0.25) is 0 Å². The van der Waals surface area contributed by atoms with Gasteiger partial charge in [-0.1, -0.05) is 30.3 Å². The number of hydrogen-bond acceptors (Lipinski definition) is 6. The molecule has 0 spiro atoms. The highest BCUT2D eigenvalue weighted by molar-refractivity contribution is 6.21. The van der Waals surface area contributed by atoms with Gasteiger partial charge in [-0.05, 0) is 50.5 Å². The van der Waals surface area contributed by atoms with Crippen molar-refractivity contribution in [3.63, 3.8) is 0 Å². The highest BCUT2D eigenvalue weighted by atomic mass is 16.5. The molecular weight excluding hydrogens is 410 g/mol. The molecule has 0 N–H and O–H groups in total. The zero-order valence-corrected chi connectivity index (χ0v) is 17.9. The highest BCUT2D eigenvalue weighted by Gasteiger charge is 2.34. The third kappa shape index (κ3) is 5.55. The minimum Gasteiger partial charge on any atom is -0.451 e. The molecule has 2 aromatic rings. The van der Waals surface area contributed by atoms with Gasteiger partial charge in [0.25, 0.3) is 11.8 Å². The van der Waals surface area contributed by atoms with Crippen LogP contribution < -0.4 is 0 Å². The minimum atomic E-state index is -1.01. The summed E-state index contributed by atoms with van der Waals surface area (Å²) < 4.78 is 5.40. The summed E-state index contributed by atoms with van der Waals surface area (Å²) in [4.78, 5) is 62.4. The van der Waals surface area contributed by atoms with Crippen molar-refractivity contribution >= 4 is 29.4 Å². The average molecular weight is 435 g/mol. The molecule has 0 radical (unpaired) electrons. The van der Waals surface area contributed by atoms with Crippen molar-refractivity contribution in [2.45, 2.75) is 45.1 Å². The molecule has 0 saturated heterocycles. The first-order valence-corrected chi connectivity index (χ1v) is 10.6. The standard InChI is InChI=1S/C25H25NO6/c1-17(27)14-15-22(32-25(31)18-9-3-2-4-10-18)21(28)13-7-8-16-26-23(29)19-11-5-6-12-20(19)24(26)30/h2-6,9-12,22H,7-8,13-16H2,1H3. The van der Waals surface area contributed by atoms with Crippen LogP contribution in [0.15, 0.2) is 54.6 Å². The lowest BCUT2D eigenvalue weighted by molar-refractivity contribution is -0.128. The maximum atomic E-state index is 12.7. The van der Waals surface area contributed by atoms with Gasteiger partial charge in [-0.3, -0.25) is 19.3 Å². The predicted octanol–water partition coefficient (Wildman–Crippen LogP) is 3.62. The summed E-state index contributed by atoms with van der Waals surface area (Å²) in [5.41, 5.74) is 1.12. The van der Waals surface area contributed by atoms with Crippen LogP contribution in [0.4, 0.5) is 0 Å². The molecule has 0 aromatic heterocycles. The van der Waals surface area contributed by atoms with Crippen molar-refractivity contribution in [3.8, 4) is 0 Å². The van der Waals surface area contributed by atoms with Crippen molar-refractivity contribution in [1.82, 2.24) is 4.90 Å². The summed E-state index contributed by atoms with van der Waals surface area (Å²) in [6, 6.07) is 15.0. The van der Waals surface area contributed by atoms with E-state index in [1.54, 1.807) is 54.6 Å². The van der Waals surface area contributed by atoms with Crippen LogP contribution in [-0.2, 0) is 14.3 Å². The van der Waals surface area contributed by atoms with E-state index in [2.05, 4.69) is 0 Å². The van der Waals surface area contributed by atoms with Gasteiger partial charge < -0.3 is 9.53 Å². The molecule has 0 fully saturated rings. The molecule has 3 rings (SSSR count). The minimum absolute atomic E-state index is 0.0933. The Morgan fingerprint density at radius 3 is 2.03 bits per heavy atom. The van der Waals surface area contributed by atoms with E-state index in [4.69, 9.17) is 4.74 Å². The zero-order chi connectivity index (χ0) is 23.1. The van der Waals surface area contributed by atoms with Gasteiger partial charge >= 0.3 is 5.97 Å². The van der Waals surface area contributed by atoms with Crippen LogP contribution in [0, 0.1) is 0 Å². The topological polar surface area (TPSA) is 97.8 Å². The second-order valence-electron chi connectivity index (χ2n) is 7.73. The molecule has 7 nitrogen and oxygen atoms in total. The number of benzene rings is 2. The molecule has 2 aromatic carbocycles. The summed E-state index contributed by atoms with van der Waals surface area (Å²) >= 11 is 0. The van der Waals surface area contributed by atoms with Gasteiger partial charge in [0.1, 0.15) is 5.78 Å². The van der Waals surface area contributed by atoms with E-state index in [9.17, 15) is 24.0 Å². The van der Waals surface area contributed by atoms with Gasteiger partial charge in [0.15, 0.2) is 11.9 Å². The van der Waals surface area contributed by atoms with E-state index in [0.29, 0.717) is 29.5 Å². The Morgan fingerprint density at radius 1 is 0.844 bits per heavy atom. The number of carbonyl (C=O) groups excluding carboxylic acids is 5. The number of carbonyl (C=O) groups is 5. The molecule has 1 unspecified atom stereocenters. The maximum absolute atomic E-state index is 12.7. The summed E-state index contributed by atoms with van der Waals surface area (Å²) in [6.07, 6.45) is 0.243. The largest absolute Gasteiger partial charge is 0.451 e. The first-order chi connectivity index (χ1) is 15.4. The molecule has 2 amide bonds. The number of rotatable bonds is 11. The van der Waals surface area contributed by atoms with Crippen molar-refractivity contribution in [3.05, 3.63) is 71.3 Å². The van der Waals surface area contributed by atoms with Crippen LogP contribution in [0.1, 0.15) is 70.1 Å². The Balaban J connectivity index is 1.52. The summed E-state index contributed by atoms with van der Waals surface area (Å²) in [5.74, 6) is -1.64. The first-order valence-electron chi connectivity index (χ1n) is 10.6. The number of nitrogens with zero attached hydrogens (tertiary/aromatic N) is 1. The number of fused-ring (bicyclic) bond motifs is 1. The van der Waals surface area contributed by atoms with Crippen molar-refractivity contribution in [1.29, 1.82) is 0 Å². The van der Waals surface area contributed by atoms with E-state index in [1.165, 1.54) is 11.8 Å². The lowest BCUT2D eigenvalue weighted by Gasteiger charge is -2.17. The lowest BCUT2D eigenvalue weighted by atomic mass is 10.0. The molecule has 1 aliphatic heterocycles. The smallest absolute Gasteiger partial charge is 0.338 e. The van der Waals surface area contributed by atoms with E-state index in [1.807, 2.05) is 0 Å². The molecular formula is C25H25NO6. The zero-order valence-electron chi connectivity index (χ0n) is 17.9. The van der Waals surface area contributed by atoms with Crippen molar-refractivity contribution in [2.75, 3.05) is 6.54 Å². The number of ether oxygens (including phenoxy) is 1. The Kier molecular flexibility index (Phi) is 7.65. The fourth-order valence-electron chi connectivity index (χ4n) is 3.56. The second-order valence-corrected chi connectivity index (χ2v) is 7.73. The van der Waals surface area contributed by atoms with E-state index >= 15 is 0 Å². The predicted molar refractivity (Wildman–Crippen MR) is 116 cm³/mol. The fraction of sp³-hybridized carbons (Fsp3) is 0.320. The summed E-state index contributed by atoms with van der Waals surface area (Å²) in [5, 5.41) is 0. The Bertz CT molecular complexity index is 995. The Labute approximate surface area is 186 Å². The van der Waals surface area contributed by atoms with Crippen LogP contribution >= 0.6 is 0 Å². The normalized spacial score (nSPS) is 13.6. The molecule has 166 valence electrons. The van der Waals surface area contributed by atoms with Crippen LogP contribution in [0.2, 0.25) is 0 Å². The van der Waals surface area contributed by atoms with E-state index < -0.39 is 12.1 Å². The maximum Gasteiger partial charge on any atom is 0.338 e. The number of unbranched alkanes of at least 4 members (excludes halogenated alkanes) is 1. The molecule has 1 atom stereocenters. The van der Waals surface area contributed by atoms with Crippen LogP contribution in [0.5, 0.6) is 0 Å². The number of esters is 1. The third-order valence-electron chi connectivity index (χ3n) is 5.31. The second kappa shape index (κ2) is 10.6. The van der Waals surface area contributed by atoms with Crippen molar-refractivity contribution in [2.24, 2.45) is 0 Å². The van der Waals surface area contributed by atoms with Crippen LogP contribution in [0.25, 0.3) is 0 Å². The van der Waals surface area contributed by atoms with E-state index in [0.717, 1.165) is 0 Å². The monoisotopic (exact) mass is 435 g/mol. The van der Waals surface area contributed by atoms with Gasteiger partial charge in [-0.25, -0.2) is 4.79 Å². The number of Topliss-reactive ketones (excluding diaryl/α,β-unsaturated/α-hetero) is 2. The number of amides is 2. The Hall–Kier alpha value is -3.61. The molecule has 0 bridgehead atoms. The molecule has 1 heterocycles. The highest BCUT2D eigenvalue weighted by Crippen LogP contribution is 2.23. The average Bonchev–Trinajstić information content (AvgIpc) is 3.04. The number of hydrogen-bond donors (Lipinski definition) is 0. The molecule has 0 saturated carbocycles. The molecule has 1 aliphatic rings. The van der Waals surface area contributed by atoms with E-state index in [-0.39, 0.29) is 49.2 Å². The molecule has 32 heavy (non-hydrogen) atoms. The van der Waals surface area contributed by atoms with Gasteiger partial charge in [0, 0.05) is 19.4 Å². The third-order valence-corrected chi connectivity index (χ3v) is 5.31. The summed E-state index contributed by atoms with van der Waals surface area (Å²) in [7, 11) is 0. The van der Waals surface area contributed by atoms with Crippen LogP contribution in [-0.4, -0.2) is 46.9 Å². The van der Waals surface area contributed by atoms with Gasteiger partial charge in [-0.2, -0.15) is 0 Å². The first kappa shape index (κ1) is 23.1. The number of imide groups is 1. The summed E-state index contributed by atoms with van der Waals surface area (Å²) in [6.45, 7) is 1.63. The lowest BCUT2D eigenvalue weighted by Crippen LogP contribution is -2.31. The van der Waals surface area contributed by atoms with Crippen molar-refractivity contribution < 1.29 is 28.7 Å². The number of ketones is 2. The fourth-order valence-corrected chi connectivity index (χ4v) is 3.56.